The largest absolute Gasteiger partial charge is 0.416 e. The third kappa shape index (κ3) is 6.05. The summed E-state index contributed by atoms with van der Waals surface area (Å²) in [7, 11) is 0. The van der Waals surface area contributed by atoms with E-state index in [1.54, 1.807) is 0 Å². The highest BCUT2D eigenvalue weighted by molar-refractivity contribution is 5.82. The summed E-state index contributed by atoms with van der Waals surface area (Å²) in [4.78, 5) is 26.6. The van der Waals surface area contributed by atoms with Gasteiger partial charge in [0, 0.05) is 19.5 Å². The number of hydrogen-bond acceptors (Lipinski definition) is 10. The minimum absolute atomic E-state index is 0.0670. The third-order valence-corrected chi connectivity index (χ3v) is 7.07. The maximum Gasteiger partial charge on any atom is 0.416 e. The van der Waals surface area contributed by atoms with Gasteiger partial charge in [-0.25, -0.2) is 19.7 Å². The lowest BCUT2D eigenvalue weighted by atomic mass is 9.94. The SMILES string of the molecule is Nc1nc(C#CCC2CCN(C(=O)Oc3cccc(C(F)(F)F)c3)CC2)nc2c1ncn2[C@@H]1O[C@H](CO)C(O)[C@@H]1O. The number of likely N-dealkylation sites (tertiary alicyclic amines) is 1. The minimum Gasteiger partial charge on any atom is -0.410 e. The van der Waals surface area contributed by atoms with E-state index >= 15 is 0 Å². The first-order valence-electron chi connectivity index (χ1n) is 12.8. The number of hydrogen-bond donors (Lipinski definition) is 4. The first kappa shape index (κ1) is 28.6. The van der Waals surface area contributed by atoms with Gasteiger partial charge in [-0.2, -0.15) is 13.2 Å². The van der Waals surface area contributed by atoms with Crippen LogP contribution in [0.2, 0.25) is 0 Å². The predicted molar refractivity (Wildman–Crippen MR) is 136 cm³/mol. The minimum atomic E-state index is -4.54. The molecule has 5 rings (SSSR count). The van der Waals surface area contributed by atoms with E-state index in [9.17, 15) is 33.3 Å². The first-order chi connectivity index (χ1) is 19.5. The van der Waals surface area contributed by atoms with E-state index < -0.39 is 49.0 Å². The van der Waals surface area contributed by atoms with Crippen molar-refractivity contribution in [1.29, 1.82) is 0 Å². The molecular weight excluding hydrogens is 549 g/mol. The van der Waals surface area contributed by atoms with Gasteiger partial charge in [0.2, 0.25) is 5.82 Å². The highest BCUT2D eigenvalue weighted by Crippen LogP contribution is 2.33. The fourth-order valence-electron chi connectivity index (χ4n) is 4.79. The number of rotatable bonds is 4. The highest BCUT2D eigenvalue weighted by Gasteiger charge is 2.44. The Bertz CT molecular complexity index is 1480. The topological polar surface area (TPSA) is 169 Å². The Morgan fingerprint density at radius 1 is 1.20 bits per heavy atom. The summed E-state index contributed by atoms with van der Waals surface area (Å²) < 4.78 is 50.8. The molecule has 0 spiro atoms. The number of aromatic nitrogens is 4. The van der Waals surface area contributed by atoms with Gasteiger partial charge in [-0.1, -0.05) is 12.0 Å². The van der Waals surface area contributed by atoms with E-state index in [-0.39, 0.29) is 34.5 Å². The van der Waals surface area contributed by atoms with Crippen LogP contribution in [0.1, 0.15) is 36.9 Å². The molecule has 2 aliphatic rings. The number of nitrogen functional groups attached to an aromatic ring is 1. The Morgan fingerprint density at radius 2 is 1.95 bits per heavy atom. The molecule has 218 valence electrons. The van der Waals surface area contributed by atoms with E-state index in [4.69, 9.17) is 15.2 Å². The highest BCUT2D eigenvalue weighted by atomic mass is 19.4. The number of benzene rings is 1. The van der Waals surface area contributed by atoms with E-state index in [0.29, 0.717) is 32.4 Å². The number of aliphatic hydroxyl groups excluding tert-OH is 3. The Kier molecular flexibility index (Phi) is 8.00. The zero-order chi connectivity index (χ0) is 29.3. The van der Waals surface area contributed by atoms with Crippen LogP contribution in [0.3, 0.4) is 0 Å². The lowest BCUT2D eigenvalue weighted by Gasteiger charge is -2.30. The molecule has 1 aromatic carbocycles. The molecule has 1 unspecified atom stereocenters. The fourth-order valence-corrected chi connectivity index (χ4v) is 4.79. The number of piperidine rings is 1. The second kappa shape index (κ2) is 11.5. The maximum absolute atomic E-state index is 12.9. The van der Waals surface area contributed by atoms with Crippen LogP contribution in [0.15, 0.2) is 30.6 Å². The molecule has 0 saturated carbocycles. The lowest BCUT2D eigenvalue weighted by Crippen LogP contribution is -2.40. The van der Waals surface area contributed by atoms with Gasteiger partial charge in [-0.3, -0.25) is 4.57 Å². The van der Waals surface area contributed by atoms with Crippen LogP contribution in [0.4, 0.5) is 23.8 Å². The van der Waals surface area contributed by atoms with Crippen LogP contribution in [-0.2, 0) is 10.9 Å². The van der Waals surface area contributed by atoms with Gasteiger partial charge in [0.05, 0.1) is 18.5 Å². The van der Waals surface area contributed by atoms with Crippen molar-refractivity contribution in [1.82, 2.24) is 24.4 Å². The van der Waals surface area contributed by atoms with E-state index in [1.165, 1.54) is 27.9 Å². The van der Waals surface area contributed by atoms with Crippen molar-refractivity contribution in [2.24, 2.45) is 5.92 Å². The van der Waals surface area contributed by atoms with Crippen LogP contribution in [0.25, 0.3) is 11.2 Å². The van der Waals surface area contributed by atoms with Crippen LogP contribution in [0, 0.1) is 17.8 Å². The van der Waals surface area contributed by atoms with E-state index in [1.807, 2.05) is 0 Å². The number of aliphatic hydroxyl groups is 3. The zero-order valence-corrected chi connectivity index (χ0v) is 21.5. The number of nitrogens with two attached hydrogens (primary N) is 1. The molecule has 0 radical (unpaired) electrons. The molecule has 2 saturated heterocycles. The van der Waals surface area contributed by atoms with Gasteiger partial charge in [-0.15, -0.1) is 0 Å². The van der Waals surface area contributed by atoms with Crippen molar-refractivity contribution < 1.29 is 42.8 Å². The number of alkyl halides is 3. The average Bonchev–Trinajstić information content (AvgIpc) is 3.49. The number of anilines is 1. The van der Waals surface area contributed by atoms with Crippen molar-refractivity contribution in [3.63, 3.8) is 0 Å². The summed E-state index contributed by atoms with van der Waals surface area (Å²) in [5.74, 6) is 6.07. The smallest absolute Gasteiger partial charge is 0.410 e. The van der Waals surface area contributed by atoms with Crippen molar-refractivity contribution in [2.75, 3.05) is 25.4 Å². The van der Waals surface area contributed by atoms with E-state index in [0.717, 1.165) is 12.1 Å². The number of imidazole rings is 1. The molecule has 15 heteroatoms. The molecule has 2 aliphatic heterocycles. The Morgan fingerprint density at radius 3 is 2.63 bits per heavy atom. The standard InChI is InChI=1S/C26H27F3N6O6/c27-26(28,29)15-4-2-5-16(11-15)40-25(39)34-9-7-14(8-10-34)3-1-6-18-32-22(30)19-23(33-18)35(13-31-19)24-21(38)20(37)17(12-36)41-24/h2,4-5,11,13-14,17,20-21,24,36-38H,3,7-10,12H2,(H2,30,32,33)/t17-,20?,21+,24-/m1/s1. The number of carbonyl (C=O) groups is 1. The Hall–Kier alpha value is -3.97. The quantitative estimate of drug-likeness (QED) is 0.335. The molecule has 41 heavy (non-hydrogen) atoms. The van der Waals surface area contributed by atoms with Gasteiger partial charge in [0.25, 0.3) is 0 Å². The van der Waals surface area contributed by atoms with Crippen LogP contribution < -0.4 is 10.5 Å². The number of amides is 1. The number of nitrogens with zero attached hydrogens (tertiary/aromatic N) is 5. The number of halogens is 3. The monoisotopic (exact) mass is 576 g/mol. The summed E-state index contributed by atoms with van der Waals surface area (Å²) in [5.41, 5.74) is 5.64. The van der Waals surface area contributed by atoms with Crippen LogP contribution in [0.5, 0.6) is 5.75 Å². The second-order valence-electron chi connectivity index (χ2n) is 9.82. The van der Waals surface area contributed by atoms with Gasteiger partial charge < -0.3 is 35.4 Å². The molecular formula is C26H27F3N6O6. The summed E-state index contributed by atoms with van der Waals surface area (Å²) in [6.45, 7) is 0.247. The lowest BCUT2D eigenvalue weighted by molar-refractivity contribution is -0.137. The van der Waals surface area contributed by atoms with Crippen molar-refractivity contribution in [3.8, 4) is 17.6 Å². The summed E-state index contributed by atoms with van der Waals surface area (Å²) in [6, 6.07) is 4.18. The number of carbonyl (C=O) groups excluding carboxylic acids is 1. The van der Waals surface area contributed by atoms with Crippen LogP contribution >= 0.6 is 0 Å². The molecule has 4 heterocycles. The Balaban J connectivity index is 1.19. The molecule has 2 fully saturated rings. The summed E-state index contributed by atoms with van der Waals surface area (Å²) >= 11 is 0. The number of fused-ring (bicyclic) bond motifs is 1. The third-order valence-electron chi connectivity index (χ3n) is 7.07. The molecule has 5 N–H and O–H groups in total. The van der Waals surface area contributed by atoms with Gasteiger partial charge >= 0.3 is 12.3 Å². The summed E-state index contributed by atoms with van der Waals surface area (Å²) in [6.07, 6.45) is -6.84. The molecule has 12 nitrogen and oxygen atoms in total. The molecule has 0 aliphatic carbocycles. The molecule has 1 amide bonds. The predicted octanol–water partition coefficient (Wildman–Crippen LogP) is 1.69. The fraction of sp³-hybridized carbons (Fsp3) is 0.462. The molecule has 4 atom stereocenters. The second-order valence-corrected chi connectivity index (χ2v) is 9.82. The van der Waals surface area contributed by atoms with E-state index in [2.05, 4.69) is 26.8 Å². The van der Waals surface area contributed by atoms with Crippen molar-refractivity contribution in [2.45, 2.75) is 50.0 Å². The zero-order valence-electron chi connectivity index (χ0n) is 21.5. The van der Waals surface area contributed by atoms with Gasteiger partial charge in [0.1, 0.15) is 29.6 Å². The normalized spacial score (nSPS) is 23.4. The van der Waals surface area contributed by atoms with Gasteiger partial charge in [0.15, 0.2) is 17.7 Å². The molecule has 0 bridgehead atoms. The molecule has 3 aromatic rings. The first-order valence-corrected chi connectivity index (χ1v) is 12.8. The molecule has 2 aromatic heterocycles. The van der Waals surface area contributed by atoms with Gasteiger partial charge in [-0.05, 0) is 42.9 Å². The van der Waals surface area contributed by atoms with Crippen molar-refractivity contribution in [3.05, 3.63) is 42.0 Å². The maximum atomic E-state index is 12.9. The van der Waals surface area contributed by atoms with Crippen LogP contribution in [-0.4, -0.2) is 83.8 Å². The summed E-state index contributed by atoms with van der Waals surface area (Å²) in [5, 5.41) is 29.8. The Labute approximate surface area is 231 Å². The average molecular weight is 577 g/mol. The number of ether oxygens (including phenoxy) is 2. The van der Waals surface area contributed by atoms with Crippen molar-refractivity contribution >= 4 is 23.1 Å².